The summed E-state index contributed by atoms with van der Waals surface area (Å²) in [5.74, 6) is 2.66. The molecule has 1 aromatic rings. The van der Waals surface area contributed by atoms with Gasteiger partial charge in [-0.1, -0.05) is 12.1 Å². The first kappa shape index (κ1) is 14.3. The van der Waals surface area contributed by atoms with E-state index in [1.807, 2.05) is 24.3 Å². The van der Waals surface area contributed by atoms with Crippen LogP contribution in [-0.2, 0) is 11.3 Å². The fourth-order valence-electron chi connectivity index (χ4n) is 5.55. The molecule has 0 spiro atoms. The van der Waals surface area contributed by atoms with Crippen molar-refractivity contribution in [1.29, 1.82) is 0 Å². The van der Waals surface area contributed by atoms with Gasteiger partial charge in [-0.05, 0) is 74.0 Å². The second-order valence-corrected chi connectivity index (χ2v) is 7.79. The van der Waals surface area contributed by atoms with E-state index in [0.717, 1.165) is 28.9 Å². The molecule has 0 saturated heterocycles. The fourth-order valence-corrected chi connectivity index (χ4v) is 5.55. The summed E-state index contributed by atoms with van der Waals surface area (Å²) in [5.41, 5.74) is 1.91. The average molecular weight is 299 g/mol. The van der Waals surface area contributed by atoms with Crippen LogP contribution in [0.15, 0.2) is 24.3 Å². The zero-order valence-electron chi connectivity index (χ0n) is 13.3. The third kappa shape index (κ3) is 2.56. The predicted octanol–water partition coefficient (Wildman–Crippen LogP) is 3.53. The number of ether oxygens (including phenoxy) is 1. The molecule has 1 N–H and O–H groups in total. The number of hydrogen-bond donors (Lipinski definition) is 1. The minimum atomic E-state index is 0.0864. The Bertz CT molecular complexity index is 545. The van der Waals surface area contributed by atoms with Crippen LogP contribution in [0.5, 0.6) is 0 Å². The normalized spacial score (nSPS) is 35.6. The summed E-state index contributed by atoms with van der Waals surface area (Å²) < 4.78 is 5.16. The van der Waals surface area contributed by atoms with Crippen molar-refractivity contribution in [2.45, 2.75) is 50.7 Å². The highest BCUT2D eigenvalue weighted by Gasteiger charge is 2.51. The smallest absolute Gasteiger partial charge is 0.251 e. The van der Waals surface area contributed by atoms with Crippen LogP contribution in [-0.4, -0.2) is 18.6 Å². The van der Waals surface area contributed by atoms with Crippen LogP contribution in [0.25, 0.3) is 0 Å². The van der Waals surface area contributed by atoms with Gasteiger partial charge in [-0.3, -0.25) is 4.79 Å². The van der Waals surface area contributed by atoms with Gasteiger partial charge < -0.3 is 10.1 Å². The Morgan fingerprint density at radius 2 is 1.82 bits per heavy atom. The summed E-state index contributed by atoms with van der Waals surface area (Å²) in [7, 11) is 1.68. The van der Waals surface area contributed by atoms with Crippen LogP contribution in [0, 0.1) is 17.8 Å². The molecule has 0 heterocycles. The van der Waals surface area contributed by atoms with Crippen molar-refractivity contribution in [2.24, 2.45) is 17.8 Å². The lowest BCUT2D eigenvalue weighted by Crippen LogP contribution is -2.59. The minimum absolute atomic E-state index is 0.0864. The van der Waals surface area contributed by atoms with E-state index < -0.39 is 0 Å². The van der Waals surface area contributed by atoms with Crippen LogP contribution in [0.3, 0.4) is 0 Å². The molecule has 0 radical (unpaired) electrons. The second kappa shape index (κ2) is 5.38. The maximum Gasteiger partial charge on any atom is 0.251 e. The van der Waals surface area contributed by atoms with Crippen LogP contribution < -0.4 is 5.32 Å². The van der Waals surface area contributed by atoms with Gasteiger partial charge in [-0.15, -0.1) is 0 Å². The number of methoxy groups -OCH3 is 1. The quantitative estimate of drug-likeness (QED) is 0.923. The van der Waals surface area contributed by atoms with Gasteiger partial charge in [0.1, 0.15) is 0 Å². The lowest BCUT2D eigenvalue weighted by molar-refractivity contribution is -0.0167. The molecule has 3 nitrogen and oxygen atoms in total. The van der Waals surface area contributed by atoms with Gasteiger partial charge >= 0.3 is 0 Å². The first-order valence-corrected chi connectivity index (χ1v) is 8.56. The molecule has 3 heteroatoms. The number of rotatable bonds is 4. The molecule has 0 unspecified atom stereocenters. The fraction of sp³-hybridized carbons (Fsp3) is 0.632. The van der Waals surface area contributed by atoms with E-state index in [4.69, 9.17) is 4.74 Å². The Labute approximate surface area is 132 Å². The Balaban J connectivity index is 1.51. The molecule has 4 fully saturated rings. The average Bonchev–Trinajstić information content (AvgIpc) is 2.46. The summed E-state index contributed by atoms with van der Waals surface area (Å²) in [6.07, 6.45) is 7.79. The Morgan fingerprint density at radius 3 is 2.41 bits per heavy atom. The highest BCUT2D eigenvalue weighted by atomic mass is 16.5. The first-order chi connectivity index (χ1) is 10.7. The van der Waals surface area contributed by atoms with Crippen molar-refractivity contribution in [3.05, 3.63) is 35.4 Å². The van der Waals surface area contributed by atoms with Gasteiger partial charge in [0.15, 0.2) is 0 Å². The van der Waals surface area contributed by atoms with Crippen molar-refractivity contribution < 1.29 is 9.53 Å². The van der Waals surface area contributed by atoms with E-state index in [0.29, 0.717) is 6.61 Å². The molecule has 4 aliphatic carbocycles. The number of benzene rings is 1. The molecule has 22 heavy (non-hydrogen) atoms. The Morgan fingerprint density at radius 1 is 1.18 bits per heavy atom. The number of carbonyl (C=O) groups is 1. The summed E-state index contributed by atoms with van der Waals surface area (Å²) >= 11 is 0. The van der Waals surface area contributed by atoms with Gasteiger partial charge in [-0.2, -0.15) is 0 Å². The van der Waals surface area contributed by atoms with Crippen LogP contribution in [0.2, 0.25) is 0 Å². The Kier molecular flexibility index (Phi) is 3.48. The maximum absolute atomic E-state index is 12.7. The standard InChI is InChI=1S/C19H25NO2/c1-22-12-13-3-2-4-17(8-13)18(21)20-19-9-14-5-15(10-19)7-16(6-14)11-19/h2-4,8,14-16H,5-7,9-12H2,1H3,(H,20,21). The van der Waals surface area contributed by atoms with Gasteiger partial charge in [-0.25, -0.2) is 0 Å². The molecule has 0 atom stereocenters. The van der Waals surface area contributed by atoms with E-state index in [9.17, 15) is 4.79 Å². The molecule has 5 rings (SSSR count). The molecule has 1 aromatic carbocycles. The van der Waals surface area contributed by atoms with Gasteiger partial charge in [0.05, 0.1) is 6.61 Å². The largest absolute Gasteiger partial charge is 0.380 e. The molecule has 4 aliphatic rings. The summed E-state index contributed by atoms with van der Waals surface area (Å²) in [4.78, 5) is 12.7. The molecular formula is C19H25NO2. The lowest BCUT2D eigenvalue weighted by atomic mass is 9.53. The van der Waals surface area contributed by atoms with Gasteiger partial charge in [0.2, 0.25) is 0 Å². The third-order valence-electron chi connectivity index (χ3n) is 5.92. The van der Waals surface area contributed by atoms with E-state index in [-0.39, 0.29) is 11.4 Å². The Hall–Kier alpha value is -1.35. The molecular weight excluding hydrogens is 274 g/mol. The van der Waals surface area contributed by atoms with E-state index >= 15 is 0 Å². The van der Waals surface area contributed by atoms with Crippen molar-refractivity contribution in [3.8, 4) is 0 Å². The number of hydrogen-bond acceptors (Lipinski definition) is 2. The van der Waals surface area contributed by atoms with Crippen LogP contribution in [0.4, 0.5) is 0 Å². The molecule has 4 saturated carbocycles. The minimum Gasteiger partial charge on any atom is -0.380 e. The summed E-state index contributed by atoms with van der Waals surface area (Å²) in [6, 6.07) is 7.82. The topological polar surface area (TPSA) is 38.3 Å². The third-order valence-corrected chi connectivity index (χ3v) is 5.92. The van der Waals surface area contributed by atoms with Gasteiger partial charge in [0, 0.05) is 18.2 Å². The van der Waals surface area contributed by atoms with Crippen molar-refractivity contribution >= 4 is 5.91 Å². The number of amides is 1. The van der Waals surface area contributed by atoms with Crippen LogP contribution in [0.1, 0.15) is 54.4 Å². The zero-order valence-corrected chi connectivity index (χ0v) is 13.3. The summed E-state index contributed by atoms with van der Waals surface area (Å²) in [5, 5.41) is 3.43. The molecule has 4 bridgehead atoms. The molecule has 1 amide bonds. The van der Waals surface area contributed by atoms with E-state index in [2.05, 4.69) is 5.32 Å². The predicted molar refractivity (Wildman–Crippen MR) is 85.5 cm³/mol. The van der Waals surface area contributed by atoms with E-state index in [1.165, 1.54) is 38.5 Å². The monoisotopic (exact) mass is 299 g/mol. The van der Waals surface area contributed by atoms with Crippen molar-refractivity contribution in [1.82, 2.24) is 5.32 Å². The van der Waals surface area contributed by atoms with Crippen LogP contribution >= 0.6 is 0 Å². The second-order valence-electron chi connectivity index (χ2n) is 7.79. The molecule has 0 aliphatic heterocycles. The highest BCUT2D eigenvalue weighted by molar-refractivity contribution is 5.94. The summed E-state index contributed by atoms with van der Waals surface area (Å²) in [6.45, 7) is 0.554. The SMILES string of the molecule is COCc1cccc(C(=O)NC23CC4CC(CC(C4)C2)C3)c1. The van der Waals surface area contributed by atoms with Crippen molar-refractivity contribution in [3.63, 3.8) is 0 Å². The highest BCUT2D eigenvalue weighted by Crippen LogP contribution is 2.55. The van der Waals surface area contributed by atoms with Crippen molar-refractivity contribution in [2.75, 3.05) is 7.11 Å². The molecule has 118 valence electrons. The first-order valence-electron chi connectivity index (χ1n) is 8.56. The zero-order chi connectivity index (χ0) is 15.2. The lowest BCUT2D eigenvalue weighted by Gasteiger charge is -2.56. The number of nitrogens with one attached hydrogen (secondary N) is 1. The molecule has 0 aromatic heterocycles. The van der Waals surface area contributed by atoms with E-state index in [1.54, 1.807) is 7.11 Å². The number of carbonyl (C=O) groups excluding carboxylic acids is 1. The maximum atomic E-state index is 12.7. The van der Waals surface area contributed by atoms with Gasteiger partial charge in [0.25, 0.3) is 5.91 Å².